The van der Waals surface area contributed by atoms with E-state index in [1.54, 1.807) is 0 Å². The van der Waals surface area contributed by atoms with E-state index in [2.05, 4.69) is 252 Å². The van der Waals surface area contributed by atoms with Gasteiger partial charge in [-0.2, -0.15) is 0 Å². The van der Waals surface area contributed by atoms with Crippen LogP contribution >= 0.6 is 11.3 Å². The first-order valence-electron chi connectivity index (χ1n) is 20.7. The minimum absolute atomic E-state index is 1.10. The molecule has 0 aliphatic rings. The first-order chi connectivity index (χ1) is 30.2. The molecule has 0 aliphatic carbocycles. The first kappa shape index (κ1) is 36.4. The number of hydrogen-bond acceptors (Lipinski definition) is 3. The average molecular weight is 797 g/mol. The smallest absolute Gasteiger partial charge is 0.0554 e. The van der Waals surface area contributed by atoms with E-state index in [0.29, 0.717) is 0 Å². The Morgan fingerprint density at radius 1 is 0.279 bits per heavy atom. The molecule has 0 radical (unpaired) electrons. The Morgan fingerprint density at radius 3 is 1.52 bits per heavy atom. The van der Waals surface area contributed by atoms with Gasteiger partial charge in [-0.25, -0.2) is 0 Å². The minimum atomic E-state index is 1.10. The molecule has 0 fully saturated rings. The Bertz CT molecular complexity index is 3280. The van der Waals surface area contributed by atoms with Gasteiger partial charge in [0.1, 0.15) is 0 Å². The molecule has 0 unspecified atom stereocenters. The third-order valence-electron chi connectivity index (χ3n) is 11.6. The summed E-state index contributed by atoms with van der Waals surface area (Å²) >= 11 is 1.85. The summed E-state index contributed by atoms with van der Waals surface area (Å²) in [7, 11) is 0. The van der Waals surface area contributed by atoms with E-state index >= 15 is 0 Å². The maximum absolute atomic E-state index is 2.40. The van der Waals surface area contributed by atoms with Crippen molar-refractivity contribution in [3.63, 3.8) is 0 Å². The van der Waals surface area contributed by atoms with Crippen LogP contribution < -0.4 is 9.80 Å². The van der Waals surface area contributed by atoms with E-state index in [-0.39, 0.29) is 0 Å². The SMILES string of the molecule is c1ccc(-c2cccc(N(c3ccccc3)c3ccc(-c4cc(-c5ccc(N(c6ccccc6)c6cccc7sc8ccccc8c67)cc5)c5ccccc5c4)cc3)c2)cc1. The van der Waals surface area contributed by atoms with Crippen molar-refractivity contribution < 1.29 is 0 Å². The number of anilines is 6. The molecule has 0 saturated heterocycles. The van der Waals surface area contributed by atoms with E-state index in [9.17, 15) is 0 Å². The molecule has 11 aromatic rings. The lowest BCUT2D eigenvalue weighted by Gasteiger charge is -2.27. The molecule has 1 aromatic heterocycles. The van der Waals surface area contributed by atoms with Gasteiger partial charge in [-0.15, -0.1) is 11.3 Å². The maximum atomic E-state index is 2.40. The van der Waals surface area contributed by atoms with Gasteiger partial charge < -0.3 is 9.80 Å². The minimum Gasteiger partial charge on any atom is -0.310 e. The van der Waals surface area contributed by atoms with Crippen LogP contribution in [0.5, 0.6) is 0 Å². The van der Waals surface area contributed by atoms with Gasteiger partial charge in [0.05, 0.1) is 5.69 Å². The van der Waals surface area contributed by atoms with E-state index in [0.717, 1.165) is 28.4 Å². The topological polar surface area (TPSA) is 6.48 Å². The number of rotatable bonds is 9. The van der Waals surface area contributed by atoms with Crippen LogP contribution in [0.15, 0.2) is 243 Å². The molecule has 0 aliphatic heterocycles. The van der Waals surface area contributed by atoms with E-state index in [1.165, 1.54) is 70.0 Å². The fraction of sp³-hybridized carbons (Fsp3) is 0. The Labute approximate surface area is 360 Å². The van der Waals surface area contributed by atoms with Crippen molar-refractivity contribution in [2.75, 3.05) is 9.80 Å². The molecule has 0 saturated carbocycles. The van der Waals surface area contributed by atoms with Gasteiger partial charge in [0.15, 0.2) is 0 Å². The van der Waals surface area contributed by atoms with Crippen LogP contribution in [0.2, 0.25) is 0 Å². The molecule has 2 nitrogen and oxygen atoms in total. The van der Waals surface area contributed by atoms with Crippen molar-refractivity contribution in [3.8, 4) is 33.4 Å². The second kappa shape index (κ2) is 15.8. The molecule has 61 heavy (non-hydrogen) atoms. The van der Waals surface area contributed by atoms with Crippen LogP contribution in [-0.4, -0.2) is 0 Å². The summed E-state index contributed by atoms with van der Waals surface area (Å²) in [5.41, 5.74) is 13.9. The molecule has 0 N–H and O–H groups in total. The van der Waals surface area contributed by atoms with Crippen LogP contribution in [-0.2, 0) is 0 Å². The summed E-state index contributed by atoms with van der Waals surface area (Å²) in [5.74, 6) is 0. The molecule has 1 heterocycles. The van der Waals surface area contributed by atoms with Crippen molar-refractivity contribution in [2.45, 2.75) is 0 Å². The number of thiophene rings is 1. The van der Waals surface area contributed by atoms with Crippen molar-refractivity contribution in [2.24, 2.45) is 0 Å². The highest BCUT2D eigenvalue weighted by atomic mass is 32.1. The average Bonchev–Trinajstić information content (AvgIpc) is 3.73. The Hall–Kier alpha value is -7.72. The highest BCUT2D eigenvalue weighted by molar-refractivity contribution is 7.26. The van der Waals surface area contributed by atoms with E-state index in [1.807, 2.05) is 11.3 Å². The lowest BCUT2D eigenvalue weighted by atomic mass is 9.92. The predicted molar refractivity (Wildman–Crippen MR) is 263 cm³/mol. The van der Waals surface area contributed by atoms with Crippen molar-refractivity contribution >= 4 is 76.4 Å². The predicted octanol–water partition coefficient (Wildman–Crippen LogP) is 17.1. The first-order valence-corrected chi connectivity index (χ1v) is 21.6. The number of benzene rings is 10. The molecule has 10 aromatic carbocycles. The fourth-order valence-electron chi connectivity index (χ4n) is 8.74. The van der Waals surface area contributed by atoms with Gasteiger partial charge in [0, 0.05) is 48.6 Å². The molecular formula is C58H40N2S. The van der Waals surface area contributed by atoms with Crippen molar-refractivity contribution in [3.05, 3.63) is 243 Å². The highest BCUT2D eigenvalue weighted by Crippen LogP contribution is 2.46. The van der Waals surface area contributed by atoms with Crippen molar-refractivity contribution in [1.29, 1.82) is 0 Å². The standard InChI is InChI=1S/C58H40N2S/c1-4-16-41(17-5-1)44-19-14-24-51(39-44)59(47-20-6-2-7-21-47)49-34-30-42(31-35-49)46-38-45-18-10-11-25-52(45)54(40-46)43-32-36-50(37-33-43)60(48-22-8-3-9-23-48)55-27-15-29-57-58(55)53-26-12-13-28-56(53)61-57/h1-40H. The van der Waals surface area contributed by atoms with E-state index in [4.69, 9.17) is 0 Å². The zero-order valence-electron chi connectivity index (χ0n) is 33.4. The third-order valence-corrected chi connectivity index (χ3v) is 12.8. The van der Waals surface area contributed by atoms with Crippen molar-refractivity contribution in [1.82, 2.24) is 0 Å². The van der Waals surface area contributed by atoms with Crippen LogP contribution in [0.4, 0.5) is 34.1 Å². The maximum Gasteiger partial charge on any atom is 0.0554 e. The quantitative estimate of drug-likeness (QED) is 0.144. The Balaban J connectivity index is 0.974. The monoisotopic (exact) mass is 796 g/mol. The number of hydrogen-bond donors (Lipinski definition) is 0. The molecular weight excluding hydrogens is 757 g/mol. The number of nitrogens with zero attached hydrogens (tertiary/aromatic N) is 2. The Kier molecular flexibility index (Phi) is 9.42. The lowest BCUT2D eigenvalue weighted by molar-refractivity contribution is 1.28. The molecule has 3 heteroatoms. The second-order valence-electron chi connectivity index (χ2n) is 15.3. The van der Waals surface area contributed by atoms with E-state index < -0.39 is 0 Å². The van der Waals surface area contributed by atoms with Gasteiger partial charge in [-0.3, -0.25) is 0 Å². The largest absolute Gasteiger partial charge is 0.310 e. The number of fused-ring (bicyclic) bond motifs is 4. The van der Waals surface area contributed by atoms with Gasteiger partial charge in [0.25, 0.3) is 0 Å². The molecule has 0 atom stereocenters. The molecule has 0 bridgehead atoms. The summed E-state index contributed by atoms with van der Waals surface area (Å²) in [6, 6.07) is 87.7. The zero-order valence-corrected chi connectivity index (χ0v) is 34.2. The summed E-state index contributed by atoms with van der Waals surface area (Å²) in [4.78, 5) is 4.74. The summed E-state index contributed by atoms with van der Waals surface area (Å²) in [6.45, 7) is 0. The highest BCUT2D eigenvalue weighted by Gasteiger charge is 2.19. The molecule has 11 rings (SSSR count). The lowest BCUT2D eigenvalue weighted by Crippen LogP contribution is -2.10. The molecule has 0 spiro atoms. The van der Waals surface area contributed by atoms with Crippen LogP contribution in [0.25, 0.3) is 64.3 Å². The van der Waals surface area contributed by atoms with Crippen LogP contribution in [0.1, 0.15) is 0 Å². The Morgan fingerprint density at radius 2 is 0.787 bits per heavy atom. The zero-order chi connectivity index (χ0) is 40.5. The van der Waals surface area contributed by atoms with Crippen LogP contribution in [0, 0.1) is 0 Å². The number of para-hydroxylation sites is 2. The fourth-order valence-corrected chi connectivity index (χ4v) is 9.86. The van der Waals surface area contributed by atoms with Gasteiger partial charge >= 0.3 is 0 Å². The summed E-state index contributed by atoms with van der Waals surface area (Å²) in [5, 5.41) is 5.03. The second-order valence-corrected chi connectivity index (χ2v) is 16.4. The van der Waals surface area contributed by atoms with Gasteiger partial charge in [0.2, 0.25) is 0 Å². The summed E-state index contributed by atoms with van der Waals surface area (Å²) < 4.78 is 2.59. The summed E-state index contributed by atoms with van der Waals surface area (Å²) in [6.07, 6.45) is 0. The van der Waals surface area contributed by atoms with Crippen LogP contribution in [0.3, 0.4) is 0 Å². The van der Waals surface area contributed by atoms with Gasteiger partial charge in [-0.1, -0.05) is 152 Å². The van der Waals surface area contributed by atoms with Gasteiger partial charge in [-0.05, 0) is 135 Å². The molecule has 0 amide bonds. The normalized spacial score (nSPS) is 11.3. The third kappa shape index (κ3) is 6.91. The molecule has 288 valence electrons.